The topological polar surface area (TPSA) is 80.3 Å². The molecule has 3 rings (SSSR count). The quantitative estimate of drug-likeness (QED) is 0.934. The van der Waals surface area contributed by atoms with Gasteiger partial charge in [-0.15, -0.1) is 0 Å². The fraction of sp³-hybridized carbons (Fsp3) is 0.308. The Bertz CT molecular complexity index is 701. The minimum absolute atomic E-state index is 0.110. The predicted molar refractivity (Wildman–Crippen MR) is 74.5 cm³/mol. The van der Waals surface area contributed by atoms with Crippen LogP contribution in [-0.4, -0.2) is 39.8 Å². The number of fused-ring (bicyclic) bond motifs is 1. The molecule has 0 unspecified atom stereocenters. The molecule has 0 spiro atoms. The van der Waals surface area contributed by atoms with E-state index in [1.54, 1.807) is 26.1 Å². The van der Waals surface area contributed by atoms with Crippen molar-refractivity contribution in [3.05, 3.63) is 34.4 Å². The molecule has 0 radical (unpaired) electrons. The van der Waals surface area contributed by atoms with Crippen LogP contribution in [0.2, 0.25) is 5.02 Å². The smallest absolute Gasteiger partial charge is 0.254 e. The lowest BCUT2D eigenvalue weighted by Crippen LogP contribution is -2.26. The molecular weight excluding hydrogens is 296 g/mol. The Morgan fingerprint density at radius 2 is 2.29 bits per heavy atom. The van der Waals surface area contributed by atoms with E-state index in [0.29, 0.717) is 40.3 Å². The third kappa shape index (κ3) is 2.64. The summed E-state index contributed by atoms with van der Waals surface area (Å²) in [7, 11) is 1.67. The number of ether oxygens (including phenoxy) is 2. The standard InChI is InChI=1S/C13H13ClN4O3/c1-7-15-11(17-16-7)5-18(2)13(19)8-3-9(14)12-10(4-8)20-6-21-12/h3-4H,5-6H2,1-2H3,(H,15,16,17). The largest absolute Gasteiger partial charge is 0.454 e. The summed E-state index contributed by atoms with van der Waals surface area (Å²) in [6.07, 6.45) is 0. The molecule has 1 aliphatic heterocycles. The zero-order chi connectivity index (χ0) is 15.0. The molecule has 0 saturated heterocycles. The van der Waals surface area contributed by atoms with Crippen molar-refractivity contribution in [3.63, 3.8) is 0 Å². The number of carbonyl (C=O) groups is 1. The molecule has 1 N–H and O–H groups in total. The van der Waals surface area contributed by atoms with E-state index < -0.39 is 0 Å². The van der Waals surface area contributed by atoms with Crippen molar-refractivity contribution in [1.29, 1.82) is 0 Å². The number of carbonyl (C=O) groups excluding carboxylic acids is 1. The van der Waals surface area contributed by atoms with Crippen molar-refractivity contribution in [2.45, 2.75) is 13.5 Å². The number of hydrogen-bond donors (Lipinski definition) is 1. The van der Waals surface area contributed by atoms with E-state index in [1.165, 1.54) is 4.90 Å². The summed E-state index contributed by atoms with van der Waals surface area (Å²) >= 11 is 6.08. The second-order valence-electron chi connectivity index (χ2n) is 4.69. The number of nitrogens with one attached hydrogen (secondary N) is 1. The van der Waals surface area contributed by atoms with Gasteiger partial charge < -0.3 is 14.4 Å². The number of benzene rings is 1. The first-order valence-corrected chi connectivity index (χ1v) is 6.65. The molecule has 110 valence electrons. The van der Waals surface area contributed by atoms with Gasteiger partial charge in [0.15, 0.2) is 17.3 Å². The lowest BCUT2D eigenvalue weighted by Gasteiger charge is -2.15. The zero-order valence-corrected chi connectivity index (χ0v) is 12.3. The van der Waals surface area contributed by atoms with E-state index in [4.69, 9.17) is 21.1 Å². The molecule has 21 heavy (non-hydrogen) atoms. The lowest BCUT2D eigenvalue weighted by molar-refractivity contribution is 0.0781. The van der Waals surface area contributed by atoms with Crippen molar-refractivity contribution in [3.8, 4) is 11.5 Å². The minimum Gasteiger partial charge on any atom is -0.454 e. The molecule has 8 heteroatoms. The monoisotopic (exact) mass is 308 g/mol. The Hall–Kier alpha value is -2.28. The average molecular weight is 309 g/mol. The summed E-state index contributed by atoms with van der Waals surface area (Å²) in [5.74, 6) is 2.01. The molecule has 0 saturated carbocycles. The van der Waals surface area contributed by atoms with Crippen LogP contribution in [0, 0.1) is 6.92 Å². The molecular formula is C13H13ClN4O3. The summed E-state index contributed by atoms with van der Waals surface area (Å²) in [5, 5.41) is 7.10. The highest BCUT2D eigenvalue weighted by Crippen LogP contribution is 2.39. The highest BCUT2D eigenvalue weighted by Gasteiger charge is 2.22. The van der Waals surface area contributed by atoms with E-state index >= 15 is 0 Å². The Kier molecular flexibility index (Phi) is 3.42. The fourth-order valence-electron chi connectivity index (χ4n) is 2.05. The van der Waals surface area contributed by atoms with Crippen molar-refractivity contribution in [1.82, 2.24) is 20.1 Å². The molecule has 1 aliphatic rings. The van der Waals surface area contributed by atoms with Gasteiger partial charge in [-0.1, -0.05) is 11.6 Å². The Morgan fingerprint density at radius 3 is 3.00 bits per heavy atom. The van der Waals surface area contributed by atoms with Crippen LogP contribution < -0.4 is 9.47 Å². The summed E-state index contributed by atoms with van der Waals surface area (Å²) in [5.41, 5.74) is 0.430. The van der Waals surface area contributed by atoms with Gasteiger partial charge >= 0.3 is 0 Å². The van der Waals surface area contributed by atoms with E-state index in [-0.39, 0.29) is 12.7 Å². The lowest BCUT2D eigenvalue weighted by atomic mass is 10.1. The maximum Gasteiger partial charge on any atom is 0.254 e. The number of aromatic amines is 1. The maximum absolute atomic E-state index is 12.4. The molecule has 7 nitrogen and oxygen atoms in total. The normalized spacial score (nSPS) is 12.5. The SMILES string of the molecule is Cc1nc(CN(C)C(=O)c2cc(Cl)c3c(c2)OCO3)n[nH]1. The van der Waals surface area contributed by atoms with Crippen LogP contribution >= 0.6 is 11.6 Å². The Labute approximate surface area is 125 Å². The van der Waals surface area contributed by atoms with Crippen LogP contribution in [0.25, 0.3) is 0 Å². The summed E-state index contributed by atoms with van der Waals surface area (Å²) in [6, 6.07) is 3.19. The summed E-state index contributed by atoms with van der Waals surface area (Å²) in [6.45, 7) is 2.21. The molecule has 1 amide bonds. The summed E-state index contributed by atoms with van der Waals surface area (Å²) < 4.78 is 10.5. The van der Waals surface area contributed by atoms with Gasteiger partial charge in [0.1, 0.15) is 5.82 Å². The number of aromatic nitrogens is 3. The molecule has 2 aromatic rings. The Balaban J connectivity index is 1.80. The van der Waals surface area contributed by atoms with Gasteiger partial charge in [-0.05, 0) is 19.1 Å². The van der Waals surface area contributed by atoms with Crippen LogP contribution in [0.1, 0.15) is 22.0 Å². The van der Waals surface area contributed by atoms with Gasteiger partial charge in [0.05, 0.1) is 11.6 Å². The van der Waals surface area contributed by atoms with Crippen LogP contribution in [0.4, 0.5) is 0 Å². The van der Waals surface area contributed by atoms with Gasteiger partial charge in [0.25, 0.3) is 5.91 Å². The number of halogens is 1. The van der Waals surface area contributed by atoms with E-state index in [0.717, 1.165) is 0 Å². The van der Waals surface area contributed by atoms with Gasteiger partial charge in [-0.25, -0.2) is 4.98 Å². The van der Waals surface area contributed by atoms with E-state index in [9.17, 15) is 4.79 Å². The van der Waals surface area contributed by atoms with Crippen molar-refractivity contribution in [2.75, 3.05) is 13.8 Å². The van der Waals surface area contributed by atoms with Gasteiger partial charge in [0, 0.05) is 12.6 Å². The minimum atomic E-state index is -0.197. The number of hydrogen-bond acceptors (Lipinski definition) is 5. The number of nitrogens with zero attached hydrogens (tertiary/aromatic N) is 3. The zero-order valence-electron chi connectivity index (χ0n) is 11.5. The van der Waals surface area contributed by atoms with Crippen LogP contribution in [0.5, 0.6) is 11.5 Å². The molecule has 0 fully saturated rings. The second kappa shape index (κ2) is 5.25. The third-order valence-corrected chi connectivity index (χ3v) is 3.32. The number of amides is 1. The van der Waals surface area contributed by atoms with E-state index in [1.807, 2.05) is 0 Å². The van der Waals surface area contributed by atoms with Crippen LogP contribution in [0.3, 0.4) is 0 Å². The molecule has 0 atom stereocenters. The molecule has 1 aromatic carbocycles. The van der Waals surface area contributed by atoms with Crippen LogP contribution in [0.15, 0.2) is 12.1 Å². The number of H-pyrrole nitrogens is 1. The van der Waals surface area contributed by atoms with Gasteiger partial charge in [-0.3, -0.25) is 9.89 Å². The van der Waals surface area contributed by atoms with Crippen molar-refractivity contribution >= 4 is 17.5 Å². The molecule has 2 heterocycles. The first-order valence-electron chi connectivity index (χ1n) is 6.27. The maximum atomic E-state index is 12.4. The fourth-order valence-corrected chi connectivity index (χ4v) is 2.32. The van der Waals surface area contributed by atoms with Gasteiger partial charge in [0.2, 0.25) is 6.79 Å². The number of aryl methyl sites for hydroxylation is 1. The van der Waals surface area contributed by atoms with E-state index in [2.05, 4.69) is 15.2 Å². The van der Waals surface area contributed by atoms with Crippen molar-refractivity contribution < 1.29 is 14.3 Å². The van der Waals surface area contributed by atoms with Crippen LogP contribution in [-0.2, 0) is 6.54 Å². The summed E-state index contributed by atoms with van der Waals surface area (Å²) in [4.78, 5) is 18.1. The third-order valence-electron chi connectivity index (χ3n) is 3.04. The molecule has 1 aromatic heterocycles. The molecule has 0 aliphatic carbocycles. The second-order valence-corrected chi connectivity index (χ2v) is 5.10. The molecule has 0 bridgehead atoms. The first kappa shape index (κ1) is 13.7. The van der Waals surface area contributed by atoms with Gasteiger partial charge in [-0.2, -0.15) is 5.10 Å². The Morgan fingerprint density at radius 1 is 1.48 bits per heavy atom. The highest BCUT2D eigenvalue weighted by molar-refractivity contribution is 6.32. The average Bonchev–Trinajstić information content (AvgIpc) is 3.07. The highest BCUT2D eigenvalue weighted by atomic mass is 35.5. The number of rotatable bonds is 3. The van der Waals surface area contributed by atoms with Crippen molar-refractivity contribution in [2.24, 2.45) is 0 Å². The predicted octanol–water partition coefficient (Wildman–Crippen LogP) is 1.77. The first-order chi connectivity index (χ1) is 10.0.